The fraction of sp³-hybridized carbons (Fsp3) is 0.348. The second kappa shape index (κ2) is 8.38. The summed E-state index contributed by atoms with van der Waals surface area (Å²) in [5.74, 6) is -0.295. The molecule has 0 aliphatic heterocycles. The van der Waals surface area contributed by atoms with Crippen LogP contribution in [0, 0.1) is 5.82 Å². The minimum absolute atomic E-state index is 0.260. The Bertz CT molecular complexity index is 927. The monoisotopic (exact) mass is 366 g/mol. The number of amides is 1. The Labute approximate surface area is 160 Å². The van der Waals surface area contributed by atoms with Crippen LogP contribution < -0.4 is 5.73 Å². The van der Waals surface area contributed by atoms with E-state index in [0.29, 0.717) is 11.5 Å². The molecule has 4 heteroatoms. The second-order valence-electron chi connectivity index (χ2n) is 7.12. The van der Waals surface area contributed by atoms with E-state index < -0.39 is 5.91 Å². The minimum atomic E-state index is -0.444. The number of nitrogens with zero attached hydrogens (tertiary/aromatic N) is 1. The summed E-state index contributed by atoms with van der Waals surface area (Å²) in [5.41, 5.74) is 9.01. The van der Waals surface area contributed by atoms with Gasteiger partial charge < -0.3 is 10.3 Å². The van der Waals surface area contributed by atoms with Crippen molar-refractivity contribution in [2.75, 3.05) is 0 Å². The number of benzene rings is 2. The number of aromatic nitrogens is 1. The molecular weight excluding hydrogens is 339 g/mol. The fourth-order valence-electron chi connectivity index (χ4n) is 3.76. The molecule has 0 saturated heterocycles. The highest BCUT2D eigenvalue weighted by Crippen LogP contribution is 2.34. The lowest BCUT2D eigenvalue weighted by atomic mass is 9.95. The molecule has 1 unspecified atom stereocenters. The molecule has 0 aliphatic carbocycles. The zero-order chi connectivity index (χ0) is 19.4. The first kappa shape index (κ1) is 19.2. The Hall–Kier alpha value is -2.62. The lowest BCUT2D eigenvalue weighted by Crippen LogP contribution is -2.11. The molecule has 3 rings (SSSR count). The molecule has 142 valence electrons. The van der Waals surface area contributed by atoms with Gasteiger partial charge in [0, 0.05) is 22.3 Å². The minimum Gasteiger partial charge on any atom is -0.366 e. The summed E-state index contributed by atoms with van der Waals surface area (Å²) in [6.45, 7) is 4.42. The summed E-state index contributed by atoms with van der Waals surface area (Å²) in [5, 5.41) is 1.06. The van der Waals surface area contributed by atoms with Gasteiger partial charge in [0.25, 0.3) is 0 Å². The van der Waals surface area contributed by atoms with Gasteiger partial charge in [-0.15, -0.1) is 0 Å². The van der Waals surface area contributed by atoms with Crippen LogP contribution in [-0.4, -0.2) is 10.5 Å². The van der Waals surface area contributed by atoms with Gasteiger partial charge >= 0.3 is 0 Å². The third kappa shape index (κ3) is 4.05. The molecular formula is C23H27FN2O. The number of carbonyl (C=O) groups excluding carboxylic acids is 1. The van der Waals surface area contributed by atoms with Crippen LogP contribution in [0.5, 0.6) is 0 Å². The van der Waals surface area contributed by atoms with Gasteiger partial charge in [-0.2, -0.15) is 0 Å². The van der Waals surface area contributed by atoms with Crippen molar-refractivity contribution in [2.45, 2.75) is 51.9 Å². The van der Waals surface area contributed by atoms with Gasteiger partial charge in [-0.3, -0.25) is 4.79 Å². The van der Waals surface area contributed by atoms with E-state index in [1.165, 1.54) is 37.1 Å². The first-order chi connectivity index (χ1) is 13.0. The predicted molar refractivity (Wildman–Crippen MR) is 109 cm³/mol. The standard InChI is InChI=1S/C23H27FN2O/c1-3-5-6-7-16(4-2)21-14-17-8-9-18(23(25)27)15-22(17)26(21)20-12-10-19(24)11-13-20/h8-16H,3-7H2,1-2H3,(H2,25,27). The maximum absolute atomic E-state index is 13.5. The van der Waals surface area contributed by atoms with E-state index in [9.17, 15) is 9.18 Å². The molecule has 3 aromatic rings. The van der Waals surface area contributed by atoms with Crippen LogP contribution in [0.2, 0.25) is 0 Å². The van der Waals surface area contributed by atoms with Gasteiger partial charge in [-0.05, 0) is 61.2 Å². The zero-order valence-corrected chi connectivity index (χ0v) is 16.0. The zero-order valence-electron chi connectivity index (χ0n) is 16.0. The van der Waals surface area contributed by atoms with E-state index in [1.807, 2.05) is 12.1 Å². The van der Waals surface area contributed by atoms with Gasteiger partial charge in [-0.1, -0.05) is 39.2 Å². The van der Waals surface area contributed by atoms with Gasteiger partial charge in [0.05, 0.1) is 5.52 Å². The van der Waals surface area contributed by atoms with E-state index in [4.69, 9.17) is 5.73 Å². The third-order valence-corrected chi connectivity index (χ3v) is 5.27. The lowest BCUT2D eigenvalue weighted by Gasteiger charge is -2.19. The summed E-state index contributed by atoms with van der Waals surface area (Å²) in [6, 6.07) is 14.3. The highest BCUT2D eigenvalue weighted by molar-refractivity contribution is 5.97. The summed E-state index contributed by atoms with van der Waals surface area (Å²) in [7, 11) is 0. The van der Waals surface area contributed by atoms with Gasteiger partial charge in [0.2, 0.25) is 5.91 Å². The predicted octanol–water partition coefficient (Wildman–Crippen LogP) is 5.94. The lowest BCUT2D eigenvalue weighted by molar-refractivity contribution is 0.100. The molecule has 0 bridgehead atoms. The number of fused-ring (bicyclic) bond motifs is 1. The van der Waals surface area contributed by atoms with E-state index in [-0.39, 0.29) is 5.82 Å². The molecule has 27 heavy (non-hydrogen) atoms. The molecule has 2 N–H and O–H groups in total. The number of carbonyl (C=O) groups is 1. The third-order valence-electron chi connectivity index (χ3n) is 5.27. The molecule has 1 atom stereocenters. The van der Waals surface area contributed by atoms with Crippen molar-refractivity contribution < 1.29 is 9.18 Å². The van der Waals surface area contributed by atoms with Crippen molar-refractivity contribution in [2.24, 2.45) is 5.73 Å². The topological polar surface area (TPSA) is 48.0 Å². The average Bonchev–Trinajstić information content (AvgIpc) is 3.04. The fourth-order valence-corrected chi connectivity index (χ4v) is 3.76. The van der Waals surface area contributed by atoms with Crippen LogP contribution in [0.15, 0.2) is 48.5 Å². The largest absolute Gasteiger partial charge is 0.366 e. The Morgan fingerprint density at radius 2 is 1.81 bits per heavy atom. The molecule has 1 heterocycles. The quantitative estimate of drug-likeness (QED) is 0.493. The number of nitrogens with two attached hydrogens (primary N) is 1. The van der Waals surface area contributed by atoms with Gasteiger partial charge in [0.1, 0.15) is 5.82 Å². The summed E-state index contributed by atoms with van der Waals surface area (Å²) in [6.07, 6.45) is 5.75. The molecule has 0 aliphatic rings. The van der Waals surface area contributed by atoms with Crippen LogP contribution in [0.1, 0.15) is 67.9 Å². The van der Waals surface area contributed by atoms with Gasteiger partial charge in [-0.25, -0.2) is 4.39 Å². The van der Waals surface area contributed by atoms with E-state index in [2.05, 4.69) is 24.5 Å². The van der Waals surface area contributed by atoms with Crippen molar-refractivity contribution in [3.05, 3.63) is 65.6 Å². The first-order valence-electron chi connectivity index (χ1n) is 9.76. The van der Waals surface area contributed by atoms with Crippen molar-refractivity contribution in [3.8, 4) is 5.69 Å². The number of rotatable bonds is 8. The Balaban J connectivity index is 2.17. The number of primary amides is 1. The maximum Gasteiger partial charge on any atom is 0.248 e. The van der Waals surface area contributed by atoms with Crippen molar-refractivity contribution in [1.82, 2.24) is 4.57 Å². The number of unbranched alkanes of at least 4 members (excludes halogenated alkanes) is 2. The SMILES string of the molecule is CCCCCC(CC)c1cc2ccc(C(N)=O)cc2n1-c1ccc(F)cc1. The molecule has 0 saturated carbocycles. The Morgan fingerprint density at radius 3 is 2.44 bits per heavy atom. The van der Waals surface area contributed by atoms with Crippen LogP contribution in [0.4, 0.5) is 4.39 Å². The summed E-state index contributed by atoms with van der Waals surface area (Å²) < 4.78 is 15.6. The smallest absolute Gasteiger partial charge is 0.248 e. The molecule has 1 aromatic heterocycles. The normalized spacial score (nSPS) is 12.4. The highest BCUT2D eigenvalue weighted by Gasteiger charge is 2.19. The average molecular weight is 366 g/mol. The van der Waals surface area contributed by atoms with E-state index >= 15 is 0 Å². The van der Waals surface area contributed by atoms with Crippen LogP contribution in [-0.2, 0) is 0 Å². The van der Waals surface area contributed by atoms with Crippen LogP contribution in [0.25, 0.3) is 16.6 Å². The molecule has 3 nitrogen and oxygen atoms in total. The van der Waals surface area contributed by atoms with E-state index in [1.54, 1.807) is 18.2 Å². The number of hydrogen-bond acceptors (Lipinski definition) is 1. The van der Waals surface area contributed by atoms with Crippen molar-refractivity contribution >= 4 is 16.8 Å². The number of halogens is 1. The van der Waals surface area contributed by atoms with Crippen molar-refractivity contribution in [3.63, 3.8) is 0 Å². The molecule has 1 amide bonds. The maximum atomic E-state index is 13.5. The molecule has 0 fully saturated rings. The molecule has 0 radical (unpaired) electrons. The molecule has 0 spiro atoms. The van der Waals surface area contributed by atoms with Crippen molar-refractivity contribution in [1.29, 1.82) is 0 Å². The summed E-state index contributed by atoms with van der Waals surface area (Å²) in [4.78, 5) is 11.7. The van der Waals surface area contributed by atoms with E-state index in [0.717, 1.165) is 29.4 Å². The Morgan fingerprint density at radius 1 is 1.07 bits per heavy atom. The number of hydrogen-bond donors (Lipinski definition) is 1. The second-order valence-corrected chi connectivity index (χ2v) is 7.12. The Kier molecular flexibility index (Phi) is 5.94. The van der Waals surface area contributed by atoms with Crippen LogP contribution in [0.3, 0.4) is 0 Å². The highest BCUT2D eigenvalue weighted by atomic mass is 19.1. The first-order valence-corrected chi connectivity index (χ1v) is 9.76. The van der Waals surface area contributed by atoms with Gasteiger partial charge in [0.15, 0.2) is 0 Å². The van der Waals surface area contributed by atoms with Crippen LogP contribution >= 0.6 is 0 Å². The summed E-state index contributed by atoms with van der Waals surface area (Å²) >= 11 is 0. The molecule has 2 aromatic carbocycles.